The van der Waals surface area contributed by atoms with Gasteiger partial charge in [0, 0.05) is 10.2 Å². The fourth-order valence-electron chi connectivity index (χ4n) is 2.03. The summed E-state index contributed by atoms with van der Waals surface area (Å²) in [5.74, 6) is -0.0666. The third-order valence-electron chi connectivity index (χ3n) is 2.92. The fraction of sp³-hybridized carbons (Fsp3) is 0.188. The number of rotatable bonds is 4. The lowest BCUT2D eigenvalue weighted by Crippen LogP contribution is -2.22. The van der Waals surface area contributed by atoms with Crippen molar-refractivity contribution in [2.75, 3.05) is 17.2 Å². The molecule has 0 fully saturated rings. The van der Waals surface area contributed by atoms with Crippen molar-refractivity contribution < 1.29 is 4.79 Å². The number of amides is 1. The van der Waals surface area contributed by atoms with Crippen molar-refractivity contribution in [1.82, 2.24) is 0 Å². The van der Waals surface area contributed by atoms with Crippen LogP contribution in [0.1, 0.15) is 11.1 Å². The van der Waals surface area contributed by atoms with Gasteiger partial charge in [-0.1, -0.05) is 24.3 Å². The van der Waals surface area contributed by atoms with E-state index in [0.717, 1.165) is 21.4 Å². The first-order valence-corrected chi connectivity index (χ1v) is 7.21. The maximum atomic E-state index is 11.9. The quantitative estimate of drug-likeness (QED) is 0.884. The van der Waals surface area contributed by atoms with E-state index in [2.05, 4.69) is 32.6 Å². The molecule has 0 saturated heterocycles. The van der Waals surface area contributed by atoms with Gasteiger partial charge in [-0.25, -0.2) is 0 Å². The van der Waals surface area contributed by atoms with Gasteiger partial charge >= 0.3 is 0 Å². The number of aryl methyl sites for hydroxylation is 2. The summed E-state index contributed by atoms with van der Waals surface area (Å²) in [5.41, 5.74) is 4.07. The number of para-hydroxylation sites is 1. The molecule has 20 heavy (non-hydrogen) atoms. The second-order valence-electron chi connectivity index (χ2n) is 4.71. The number of hydrogen-bond acceptors (Lipinski definition) is 2. The smallest absolute Gasteiger partial charge is 0.243 e. The lowest BCUT2D eigenvalue weighted by molar-refractivity contribution is -0.114. The molecule has 0 saturated carbocycles. The lowest BCUT2D eigenvalue weighted by atomic mass is 10.1. The van der Waals surface area contributed by atoms with E-state index in [1.165, 1.54) is 5.56 Å². The van der Waals surface area contributed by atoms with Gasteiger partial charge in [0.05, 0.1) is 12.2 Å². The van der Waals surface area contributed by atoms with Gasteiger partial charge in [0.15, 0.2) is 0 Å². The Kier molecular flexibility index (Phi) is 4.79. The largest absolute Gasteiger partial charge is 0.375 e. The summed E-state index contributed by atoms with van der Waals surface area (Å²) in [6.45, 7) is 4.30. The van der Waals surface area contributed by atoms with E-state index in [0.29, 0.717) is 0 Å². The first-order chi connectivity index (χ1) is 9.56. The third-order valence-corrected chi connectivity index (χ3v) is 3.54. The maximum absolute atomic E-state index is 11.9. The number of carbonyl (C=O) groups excluding carboxylic acids is 1. The van der Waals surface area contributed by atoms with Crippen molar-refractivity contribution in [2.24, 2.45) is 0 Å². The first-order valence-electron chi connectivity index (χ1n) is 6.42. The van der Waals surface area contributed by atoms with Crippen molar-refractivity contribution in [3.05, 3.63) is 58.1 Å². The Morgan fingerprint density at radius 2 is 1.85 bits per heavy atom. The minimum Gasteiger partial charge on any atom is -0.375 e. The molecule has 1 amide bonds. The van der Waals surface area contributed by atoms with Crippen LogP contribution >= 0.6 is 15.9 Å². The van der Waals surface area contributed by atoms with E-state index >= 15 is 0 Å². The van der Waals surface area contributed by atoms with Gasteiger partial charge in [-0.3, -0.25) is 4.79 Å². The first kappa shape index (κ1) is 14.6. The molecular formula is C16H17BrN2O. The molecule has 104 valence electrons. The van der Waals surface area contributed by atoms with E-state index in [4.69, 9.17) is 0 Å². The Bertz CT molecular complexity index is 588. The fourth-order valence-corrected chi connectivity index (χ4v) is 2.85. The Morgan fingerprint density at radius 1 is 1.15 bits per heavy atom. The standard InChI is InChI=1S/C16H17BrN2O/c1-11-8-12(2)16(14(17)9-11)18-10-15(20)19-13-6-4-3-5-7-13/h3-9,18H,10H2,1-2H3,(H,19,20). The van der Waals surface area contributed by atoms with E-state index in [9.17, 15) is 4.79 Å². The molecule has 2 aromatic rings. The minimum atomic E-state index is -0.0666. The summed E-state index contributed by atoms with van der Waals surface area (Å²) in [5, 5.41) is 6.02. The van der Waals surface area contributed by atoms with Crippen molar-refractivity contribution in [1.29, 1.82) is 0 Å². The SMILES string of the molecule is Cc1cc(C)c(NCC(=O)Nc2ccccc2)c(Br)c1. The molecule has 0 spiro atoms. The van der Waals surface area contributed by atoms with Gasteiger partial charge in [0.1, 0.15) is 0 Å². The van der Waals surface area contributed by atoms with Crippen LogP contribution < -0.4 is 10.6 Å². The maximum Gasteiger partial charge on any atom is 0.243 e. The highest BCUT2D eigenvalue weighted by molar-refractivity contribution is 9.10. The summed E-state index contributed by atoms with van der Waals surface area (Å²) < 4.78 is 0.975. The number of carbonyl (C=O) groups is 1. The monoisotopic (exact) mass is 332 g/mol. The molecule has 0 heterocycles. The van der Waals surface area contributed by atoms with E-state index < -0.39 is 0 Å². The topological polar surface area (TPSA) is 41.1 Å². The highest BCUT2D eigenvalue weighted by Gasteiger charge is 2.07. The molecule has 0 atom stereocenters. The number of halogens is 1. The van der Waals surface area contributed by atoms with Crippen LogP contribution in [0, 0.1) is 13.8 Å². The number of hydrogen-bond donors (Lipinski definition) is 2. The minimum absolute atomic E-state index is 0.0666. The van der Waals surface area contributed by atoms with Crippen molar-refractivity contribution in [2.45, 2.75) is 13.8 Å². The van der Waals surface area contributed by atoms with Gasteiger partial charge in [-0.2, -0.15) is 0 Å². The zero-order valence-electron chi connectivity index (χ0n) is 11.5. The van der Waals surface area contributed by atoms with Crippen LogP contribution in [0.15, 0.2) is 46.9 Å². The summed E-state index contributed by atoms with van der Waals surface area (Å²) in [6, 6.07) is 13.6. The van der Waals surface area contributed by atoms with Gasteiger partial charge in [0.25, 0.3) is 0 Å². The molecule has 2 N–H and O–H groups in total. The predicted molar refractivity (Wildman–Crippen MR) is 87.2 cm³/mol. The molecule has 0 unspecified atom stereocenters. The van der Waals surface area contributed by atoms with Gasteiger partial charge in [-0.05, 0) is 59.1 Å². The van der Waals surface area contributed by atoms with Crippen LogP contribution in [0.5, 0.6) is 0 Å². The van der Waals surface area contributed by atoms with Crippen molar-refractivity contribution >= 4 is 33.2 Å². The summed E-state index contributed by atoms with van der Waals surface area (Å²) in [6.07, 6.45) is 0. The molecule has 0 aliphatic heterocycles. The second-order valence-corrected chi connectivity index (χ2v) is 5.56. The Morgan fingerprint density at radius 3 is 2.50 bits per heavy atom. The normalized spacial score (nSPS) is 10.2. The lowest BCUT2D eigenvalue weighted by Gasteiger charge is -2.13. The molecule has 0 aliphatic carbocycles. The van der Waals surface area contributed by atoms with Crippen LogP contribution in [0.3, 0.4) is 0 Å². The highest BCUT2D eigenvalue weighted by Crippen LogP contribution is 2.27. The Hall–Kier alpha value is -1.81. The number of anilines is 2. The van der Waals surface area contributed by atoms with Crippen molar-refractivity contribution in [3.8, 4) is 0 Å². The van der Waals surface area contributed by atoms with Crippen LogP contribution in [-0.2, 0) is 4.79 Å². The molecule has 4 heteroatoms. The second kappa shape index (κ2) is 6.57. The highest BCUT2D eigenvalue weighted by atomic mass is 79.9. The number of nitrogens with one attached hydrogen (secondary N) is 2. The molecular weight excluding hydrogens is 316 g/mol. The van der Waals surface area contributed by atoms with E-state index in [1.807, 2.05) is 50.2 Å². The molecule has 0 radical (unpaired) electrons. The Labute approximate surface area is 127 Å². The average Bonchev–Trinajstić information content (AvgIpc) is 2.38. The average molecular weight is 333 g/mol. The van der Waals surface area contributed by atoms with Gasteiger partial charge in [-0.15, -0.1) is 0 Å². The molecule has 2 rings (SSSR count). The summed E-state index contributed by atoms with van der Waals surface area (Å²) in [7, 11) is 0. The zero-order chi connectivity index (χ0) is 14.5. The molecule has 0 bridgehead atoms. The van der Waals surface area contributed by atoms with Crippen LogP contribution in [0.25, 0.3) is 0 Å². The van der Waals surface area contributed by atoms with Gasteiger partial charge < -0.3 is 10.6 Å². The summed E-state index contributed by atoms with van der Waals surface area (Å²) >= 11 is 3.52. The third kappa shape index (κ3) is 3.84. The van der Waals surface area contributed by atoms with Gasteiger partial charge in [0.2, 0.25) is 5.91 Å². The molecule has 3 nitrogen and oxygen atoms in total. The van der Waals surface area contributed by atoms with Crippen molar-refractivity contribution in [3.63, 3.8) is 0 Å². The van der Waals surface area contributed by atoms with Crippen LogP contribution in [0.4, 0.5) is 11.4 Å². The predicted octanol–water partition coefficient (Wildman–Crippen LogP) is 4.12. The zero-order valence-corrected chi connectivity index (χ0v) is 13.1. The molecule has 0 aliphatic rings. The van der Waals surface area contributed by atoms with Crippen LogP contribution in [-0.4, -0.2) is 12.5 Å². The summed E-state index contributed by atoms with van der Waals surface area (Å²) in [4.78, 5) is 11.9. The van der Waals surface area contributed by atoms with E-state index in [1.54, 1.807) is 0 Å². The Balaban J connectivity index is 1.97. The number of benzene rings is 2. The molecule has 0 aromatic heterocycles. The molecule has 2 aromatic carbocycles. The van der Waals surface area contributed by atoms with Crippen LogP contribution in [0.2, 0.25) is 0 Å². The van der Waals surface area contributed by atoms with E-state index in [-0.39, 0.29) is 12.5 Å².